The van der Waals surface area contributed by atoms with E-state index in [4.69, 9.17) is 22.9 Å². The van der Waals surface area contributed by atoms with Crippen LogP contribution in [0.2, 0.25) is 0 Å². The Balaban J connectivity index is 3.48. The van der Waals surface area contributed by atoms with Crippen LogP contribution in [0.25, 0.3) is 0 Å². The lowest BCUT2D eigenvalue weighted by Crippen LogP contribution is -2.61. The maximum atomic E-state index is 14.0. The molecule has 0 bridgehead atoms. The van der Waals surface area contributed by atoms with Crippen LogP contribution in [0.15, 0.2) is 4.99 Å². The quantitative estimate of drug-likeness (QED) is 0.0158. The molecule has 74 heavy (non-hydrogen) atoms. The number of nitrogens with one attached hydrogen (secondary N) is 7. The van der Waals surface area contributed by atoms with E-state index in [1.807, 2.05) is 0 Å². The first kappa shape index (κ1) is 64.8. The molecule has 1 aliphatic rings. The van der Waals surface area contributed by atoms with Crippen LogP contribution in [-0.2, 0) is 57.5 Å². The van der Waals surface area contributed by atoms with Crippen LogP contribution in [0, 0.1) is 5.92 Å². The number of nitrogens with zero attached hydrogens (tertiary/aromatic N) is 2. The van der Waals surface area contributed by atoms with Crippen molar-refractivity contribution in [3.63, 3.8) is 0 Å². The standard InChI is InChI=1S/C44H75N13O17/c1-4-22(2)34(56-35(65)23(3)46)42(72)57-20-8-11-30(57)41(71)53-27(14-17-33(63)64)39(69)55-29(21-58)40(70)50-24(10-7-19-49-44(47)48)36(66)51-25(12-15-31(59)60)37(67)52-26(13-16-32(61)62)38(68)54-28(43(73)74)9-5-6-18-45/h22-30,34,58H,4-21,45-46H2,1-3H3,(H,50,70)(H,51,66)(H,52,67)(H,53,71)(H,54,68)(H,55,69)(H,56,65)(H,59,60)(H,61,62)(H,63,64)(H,73,74)(H4,47,48,49)/t22-,23-,24-,25-,26-,27-,28-,29-,30-,34-/m0/s1. The lowest BCUT2D eigenvalue weighted by Gasteiger charge is -2.32. The molecule has 0 unspecified atom stereocenters. The molecule has 1 saturated heterocycles. The van der Waals surface area contributed by atoms with E-state index in [0.717, 1.165) is 0 Å². The van der Waals surface area contributed by atoms with Crippen molar-refractivity contribution in [1.29, 1.82) is 0 Å². The zero-order valence-corrected chi connectivity index (χ0v) is 41.8. The average molecular weight is 1060 g/mol. The zero-order chi connectivity index (χ0) is 56.2. The van der Waals surface area contributed by atoms with Crippen molar-refractivity contribution in [2.45, 2.75) is 165 Å². The number of carbonyl (C=O) groups is 12. The van der Waals surface area contributed by atoms with Gasteiger partial charge in [-0.25, -0.2) is 4.79 Å². The number of carboxylic acids is 4. The van der Waals surface area contributed by atoms with Gasteiger partial charge < -0.3 is 90.6 Å². The van der Waals surface area contributed by atoms with E-state index in [0.29, 0.717) is 19.3 Å². The van der Waals surface area contributed by atoms with Crippen molar-refractivity contribution in [3.05, 3.63) is 0 Å². The molecule has 8 amide bonds. The van der Waals surface area contributed by atoms with E-state index in [-0.39, 0.29) is 63.6 Å². The van der Waals surface area contributed by atoms with Gasteiger partial charge in [-0.2, -0.15) is 0 Å². The highest BCUT2D eigenvalue weighted by atomic mass is 16.4. The second kappa shape index (κ2) is 33.5. The minimum Gasteiger partial charge on any atom is -0.481 e. The Morgan fingerprint density at radius 3 is 1.45 bits per heavy atom. The van der Waals surface area contributed by atoms with E-state index in [1.165, 1.54) is 11.8 Å². The highest BCUT2D eigenvalue weighted by molar-refractivity contribution is 5.98. The summed E-state index contributed by atoms with van der Waals surface area (Å²) in [5.74, 6) is -14.3. The molecule has 0 aromatic heterocycles. The van der Waals surface area contributed by atoms with Gasteiger partial charge in [0.15, 0.2) is 5.96 Å². The van der Waals surface area contributed by atoms with Crippen molar-refractivity contribution < 1.29 is 83.1 Å². The van der Waals surface area contributed by atoms with Crippen molar-refractivity contribution in [2.75, 3.05) is 26.2 Å². The number of carbonyl (C=O) groups excluding carboxylic acids is 8. The molecule has 0 radical (unpaired) electrons. The largest absolute Gasteiger partial charge is 0.481 e. The topological polar surface area (TPSA) is 510 Å². The van der Waals surface area contributed by atoms with Crippen LogP contribution < -0.4 is 60.2 Å². The Kier molecular flexibility index (Phi) is 29.3. The number of rotatable bonds is 36. The summed E-state index contributed by atoms with van der Waals surface area (Å²) in [5, 5.41) is 64.6. The number of aliphatic carboxylic acids is 4. The van der Waals surface area contributed by atoms with E-state index >= 15 is 0 Å². The van der Waals surface area contributed by atoms with Gasteiger partial charge in [-0.3, -0.25) is 57.7 Å². The number of aliphatic hydroxyl groups excluding tert-OH is 1. The molecular weight excluding hydrogens is 983 g/mol. The summed E-state index contributed by atoms with van der Waals surface area (Å²) in [6.07, 6.45) is -2.72. The fourth-order valence-corrected chi connectivity index (χ4v) is 7.41. The summed E-state index contributed by atoms with van der Waals surface area (Å²) in [5.41, 5.74) is 22.0. The number of guanidine groups is 1. The van der Waals surface area contributed by atoms with Gasteiger partial charge in [-0.15, -0.1) is 0 Å². The Hall–Kier alpha value is -7.21. The molecule has 30 heteroatoms. The second-order valence-electron chi connectivity index (χ2n) is 17.8. The zero-order valence-electron chi connectivity index (χ0n) is 41.8. The molecule has 1 fully saturated rings. The van der Waals surface area contributed by atoms with Gasteiger partial charge in [0.05, 0.1) is 12.6 Å². The maximum Gasteiger partial charge on any atom is 0.326 e. The van der Waals surface area contributed by atoms with Gasteiger partial charge in [-0.1, -0.05) is 20.3 Å². The molecule has 0 saturated carbocycles. The molecule has 1 rings (SSSR count). The van der Waals surface area contributed by atoms with E-state index in [2.05, 4.69) is 42.2 Å². The summed E-state index contributed by atoms with van der Waals surface area (Å²) in [6.45, 7) is 3.99. The van der Waals surface area contributed by atoms with Crippen molar-refractivity contribution >= 4 is 77.1 Å². The average Bonchev–Trinajstić information content (AvgIpc) is 3.83. The Labute approximate surface area is 426 Å². The highest BCUT2D eigenvalue weighted by Gasteiger charge is 2.41. The van der Waals surface area contributed by atoms with Gasteiger partial charge in [0, 0.05) is 32.4 Å². The smallest absolute Gasteiger partial charge is 0.326 e. The van der Waals surface area contributed by atoms with Crippen LogP contribution in [0.5, 0.6) is 0 Å². The molecule has 0 aliphatic carbocycles. The lowest BCUT2D eigenvalue weighted by atomic mass is 9.97. The first-order valence-electron chi connectivity index (χ1n) is 24.2. The number of hydrogen-bond donors (Lipinski definition) is 16. The van der Waals surface area contributed by atoms with Gasteiger partial charge in [0.1, 0.15) is 48.3 Å². The number of aliphatic hydroxyl groups is 1. The summed E-state index contributed by atoms with van der Waals surface area (Å²) in [7, 11) is 0. The van der Waals surface area contributed by atoms with Crippen LogP contribution in [0.3, 0.4) is 0 Å². The Bertz CT molecular complexity index is 2000. The Morgan fingerprint density at radius 2 is 1.03 bits per heavy atom. The molecule has 20 N–H and O–H groups in total. The number of aliphatic imine (C=N–C) groups is 1. The SMILES string of the molecule is CC[C@H](C)[C@H](NC(=O)[C@H](C)N)C(=O)N1CCC[C@H]1C(=O)N[C@@H](CCC(=O)O)C(=O)N[C@@H](CO)C(=O)N[C@@H](CCCN=C(N)N)C(=O)N[C@@H](CCC(=O)O)C(=O)N[C@@H](CCC(=O)O)C(=O)N[C@@H](CCCCN)C(=O)O. The van der Waals surface area contributed by atoms with E-state index in [9.17, 15) is 83.1 Å². The van der Waals surface area contributed by atoms with Crippen molar-refractivity contribution in [1.82, 2.24) is 42.1 Å². The molecule has 0 aromatic rings. The van der Waals surface area contributed by atoms with Gasteiger partial charge in [-0.05, 0) is 83.6 Å². The molecular formula is C44H75N13O17. The molecule has 1 heterocycles. The third-order valence-corrected chi connectivity index (χ3v) is 11.8. The molecule has 30 nitrogen and oxygen atoms in total. The molecule has 10 atom stereocenters. The number of nitrogens with two attached hydrogens (primary N) is 4. The molecule has 0 spiro atoms. The highest BCUT2D eigenvalue weighted by Crippen LogP contribution is 2.22. The monoisotopic (exact) mass is 1060 g/mol. The van der Waals surface area contributed by atoms with Crippen molar-refractivity contribution in [3.8, 4) is 0 Å². The minimum atomic E-state index is -1.90. The van der Waals surface area contributed by atoms with E-state index < -0.39 is 171 Å². The van der Waals surface area contributed by atoms with Crippen LogP contribution in [0.1, 0.15) is 111 Å². The summed E-state index contributed by atoms with van der Waals surface area (Å²) >= 11 is 0. The van der Waals surface area contributed by atoms with Gasteiger partial charge in [0.25, 0.3) is 0 Å². The fourth-order valence-electron chi connectivity index (χ4n) is 7.41. The first-order valence-corrected chi connectivity index (χ1v) is 24.2. The number of hydrogen-bond acceptors (Lipinski definition) is 16. The van der Waals surface area contributed by atoms with Gasteiger partial charge in [0.2, 0.25) is 47.3 Å². The molecule has 418 valence electrons. The van der Waals surface area contributed by atoms with Crippen molar-refractivity contribution in [2.24, 2.45) is 33.8 Å². The number of amides is 8. The third kappa shape index (κ3) is 23.6. The summed E-state index contributed by atoms with van der Waals surface area (Å²) < 4.78 is 0. The lowest BCUT2D eigenvalue weighted by molar-refractivity contribution is -0.143. The number of likely N-dealkylation sites (tertiary alicyclic amines) is 1. The number of carboxylic acid groups (broad SMARTS) is 4. The predicted octanol–water partition coefficient (Wildman–Crippen LogP) is -5.38. The first-order chi connectivity index (χ1) is 34.8. The summed E-state index contributed by atoms with van der Waals surface area (Å²) in [4.78, 5) is 160. The minimum absolute atomic E-state index is 0.0491. The normalized spacial score (nSPS) is 16.7. The summed E-state index contributed by atoms with van der Waals surface area (Å²) in [6, 6.07) is -13.4. The second-order valence-corrected chi connectivity index (χ2v) is 17.8. The fraction of sp³-hybridized carbons (Fsp3) is 0.705. The predicted molar refractivity (Wildman–Crippen MR) is 260 cm³/mol. The van der Waals surface area contributed by atoms with Crippen LogP contribution in [-0.4, -0.2) is 188 Å². The maximum absolute atomic E-state index is 14.0. The van der Waals surface area contributed by atoms with E-state index in [1.54, 1.807) is 13.8 Å². The van der Waals surface area contributed by atoms with Crippen LogP contribution >= 0.6 is 0 Å². The number of unbranched alkanes of at least 4 members (excludes halogenated alkanes) is 1. The Morgan fingerprint density at radius 1 is 0.595 bits per heavy atom. The van der Waals surface area contributed by atoms with Gasteiger partial charge >= 0.3 is 23.9 Å². The molecule has 1 aliphatic heterocycles. The third-order valence-electron chi connectivity index (χ3n) is 11.8. The molecule has 0 aromatic carbocycles. The van der Waals surface area contributed by atoms with Crippen LogP contribution in [0.4, 0.5) is 0 Å².